The van der Waals surface area contributed by atoms with Gasteiger partial charge in [0.1, 0.15) is 6.07 Å². The van der Waals surface area contributed by atoms with Crippen LogP contribution in [0.2, 0.25) is 10.0 Å². The van der Waals surface area contributed by atoms with Crippen LogP contribution in [0.3, 0.4) is 0 Å². The number of hydrogen-bond acceptors (Lipinski definition) is 2. The lowest BCUT2D eigenvalue weighted by atomic mass is 10.2. The Balaban J connectivity index is 3.40. The Morgan fingerprint density at radius 2 is 2.00 bits per heavy atom. The van der Waals surface area contributed by atoms with Gasteiger partial charge in [-0.1, -0.05) is 23.2 Å². The first-order valence-corrected chi connectivity index (χ1v) is 3.55. The van der Waals surface area contributed by atoms with Crippen molar-refractivity contribution >= 4 is 28.9 Å². The summed E-state index contributed by atoms with van der Waals surface area (Å²) in [5.41, 5.74) is 6.03. The third-order valence-corrected chi connectivity index (χ3v) is 1.71. The van der Waals surface area contributed by atoms with Crippen LogP contribution >= 0.6 is 23.2 Å². The van der Waals surface area contributed by atoms with Crippen molar-refractivity contribution in [2.24, 2.45) is 0 Å². The highest BCUT2D eigenvalue weighted by Crippen LogP contribution is 2.25. The zero-order valence-corrected chi connectivity index (χ0v) is 6.95. The second-order valence-electron chi connectivity index (χ2n) is 1.96. The van der Waals surface area contributed by atoms with Gasteiger partial charge < -0.3 is 5.73 Å². The molecule has 0 heterocycles. The molecule has 2 N–H and O–H groups in total. The maximum Gasteiger partial charge on any atom is 0.103 e. The number of halogens is 2. The minimum atomic E-state index is 0.274. The lowest BCUT2D eigenvalue weighted by Crippen LogP contribution is -1.90. The third-order valence-electron chi connectivity index (χ3n) is 1.20. The minimum absolute atomic E-state index is 0.274. The Labute approximate surface area is 74.1 Å². The predicted molar refractivity (Wildman–Crippen MR) is 45.6 cm³/mol. The molecule has 0 saturated heterocycles. The number of hydrogen-bond donors (Lipinski definition) is 1. The topological polar surface area (TPSA) is 49.8 Å². The quantitative estimate of drug-likeness (QED) is 0.634. The average Bonchev–Trinajstić information content (AvgIpc) is 1.85. The number of anilines is 1. The van der Waals surface area contributed by atoms with Gasteiger partial charge in [0.2, 0.25) is 0 Å². The Bertz CT molecular complexity index is 305. The van der Waals surface area contributed by atoms with Crippen LogP contribution in [0, 0.1) is 11.3 Å². The van der Waals surface area contributed by atoms with Crippen LogP contribution < -0.4 is 5.73 Å². The summed E-state index contributed by atoms with van der Waals surface area (Å²) in [7, 11) is 0. The van der Waals surface area contributed by atoms with Gasteiger partial charge in [-0.2, -0.15) is 5.26 Å². The molecule has 0 bridgehead atoms. The summed E-state index contributed by atoms with van der Waals surface area (Å²) in [6.45, 7) is 0. The molecule has 0 aliphatic carbocycles. The van der Waals surface area contributed by atoms with Crippen LogP contribution in [0.1, 0.15) is 5.56 Å². The molecule has 0 atom stereocenters. The summed E-state index contributed by atoms with van der Waals surface area (Å²) in [6.07, 6.45) is 0. The van der Waals surface area contributed by atoms with Crippen molar-refractivity contribution in [1.29, 1.82) is 5.26 Å². The SMILES string of the molecule is N#Cc1c(N)cc(Cl)cc1Cl. The molecule has 4 heteroatoms. The second kappa shape index (κ2) is 3.00. The van der Waals surface area contributed by atoms with E-state index in [-0.39, 0.29) is 10.6 Å². The number of rotatable bonds is 0. The van der Waals surface area contributed by atoms with Crippen molar-refractivity contribution in [3.63, 3.8) is 0 Å². The van der Waals surface area contributed by atoms with Crippen LogP contribution in [0.15, 0.2) is 12.1 Å². The van der Waals surface area contributed by atoms with Crippen LogP contribution in [-0.4, -0.2) is 0 Å². The predicted octanol–water partition coefficient (Wildman–Crippen LogP) is 2.45. The van der Waals surface area contributed by atoms with Crippen LogP contribution in [0.4, 0.5) is 5.69 Å². The van der Waals surface area contributed by atoms with E-state index in [1.165, 1.54) is 12.1 Å². The normalized spacial score (nSPS) is 9.18. The molecule has 1 aromatic carbocycles. The van der Waals surface area contributed by atoms with Crippen LogP contribution in [0.25, 0.3) is 0 Å². The van der Waals surface area contributed by atoms with E-state index >= 15 is 0 Å². The van der Waals surface area contributed by atoms with Gasteiger partial charge in [-0.25, -0.2) is 0 Å². The molecule has 0 unspecified atom stereocenters. The third kappa shape index (κ3) is 1.56. The standard InChI is InChI=1S/C7H4Cl2N2/c8-4-1-6(9)5(3-10)7(11)2-4/h1-2H,11H2. The Morgan fingerprint density at radius 1 is 1.36 bits per heavy atom. The summed E-state index contributed by atoms with van der Waals surface area (Å²) >= 11 is 11.3. The number of nitrogen functional groups attached to an aromatic ring is 1. The lowest BCUT2D eigenvalue weighted by Gasteiger charge is -1.99. The monoisotopic (exact) mass is 186 g/mol. The van der Waals surface area contributed by atoms with E-state index in [9.17, 15) is 0 Å². The average molecular weight is 187 g/mol. The summed E-state index contributed by atoms with van der Waals surface area (Å²) in [5.74, 6) is 0. The molecule has 0 saturated carbocycles. The number of nitriles is 1. The van der Waals surface area contributed by atoms with Gasteiger partial charge in [0, 0.05) is 5.02 Å². The minimum Gasteiger partial charge on any atom is -0.398 e. The molecule has 0 radical (unpaired) electrons. The van der Waals surface area contributed by atoms with Gasteiger partial charge in [-0.15, -0.1) is 0 Å². The van der Waals surface area contributed by atoms with Gasteiger partial charge in [-0.05, 0) is 12.1 Å². The molecule has 2 nitrogen and oxygen atoms in total. The fourth-order valence-electron chi connectivity index (χ4n) is 0.711. The van der Waals surface area contributed by atoms with Gasteiger partial charge in [0.05, 0.1) is 16.3 Å². The van der Waals surface area contributed by atoms with Crippen LogP contribution in [0.5, 0.6) is 0 Å². The first-order valence-electron chi connectivity index (χ1n) is 2.79. The molecule has 0 amide bonds. The molecule has 56 valence electrons. The van der Waals surface area contributed by atoms with Crippen molar-refractivity contribution in [3.8, 4) is 6.07 Å². The molecule has 0 spiro atoms. The molecular formula is C7H4Cl2N2. The molecule has 1 aromatic rings. The van der Waals surface area contributed by atoms with Gasteiger partial charge in [-0.3, -0.25) is 0 Å². The van der Waals surface area contributed by atoms with Crippen molar-refractivity contribution < 1.29 is 0 Å². The van der Waals surface area contributed by atoms with Crippen molar-refractivity contribution in [2.75, 3.05) is 5.73 Å². The number of benzene rings is 1. The largest absolute Gasteiger partial charge is 0.398 e. The summed E-state index contributed by atoms with van der Waals surface area (Å²) < 4.78 is 0. The Morgan fingerprint density at radius 3 is 2.45 bits per heavy atom. The number of nitrogens with zero attached hydrogens (tertiary/aromatic N) is 1. The fourth-order valence-corrected chi connectivity index (χ4v) is 1.26. The summed E-state index contributed by atoms with van der Waals surface area (Å²) in [6, 6.07) is 4.85. The fraction of sp³-hybridized carbons (Fsp3) is 0. The summed E-state index contributed by atoms with van der Waals surface area (Å²) in [5, 5.41) is 9.26. The Hall–Kier alpha value is -0.910. The van der Waals surface area contributed by atoms with E-state index in [0.29, 0.717) is 10.7 Å². The number of nitrogens with two attached hydrogens (primary N) is 1. The van der Waals surface area contributed by atoms with Gasteiger partial charge in [0.25, 0.3) is 0 Å². The van der Waals surface area contributed by atoms with E-state index in [1.807, 2.05) is 6.07 Å². The molecular weight excluding hydrogens is 183 g/mol. The van der Waals surface area contributed by atoms with Crippen molar-refractivity contribution in [3.05, 3.63) is 27.7 Å². The van der Waals surface area contributed by atoms with E-state index in [2.05, 4.69) is 0 Å². The molecule has 11 heavy (non-hydrogen) atoms. The molecule has 0 aliphatic heterocycles. The van der Waals surface area contributed by atoms with E-state index in [0.717, 1.165) is 0 Å². The second-order valence-corrected chi connectivity index (χ2v) is 2.81. The molecule has 0 aromatic heterocycles. The van der Waals surface area contributed by atoms with E-state index < -0.39 is 0 Å². The molecule has 1 rings (SSSR count). The highest BCUT2D eigenvalue weighted by Gasteiger charge is 2.04. The summed E-state index contributed by atoms with van der Waals surface area (Å²) in [4.78, 5) is 0. The zero-order chi connectivity index (χ0) is 8.43. The van der Waals surface area contributed by atoms with E-state index in [4.69, 9.17) is 34.2 Å². The first kappa shape index (κ1) is 8.19. The van der Waals surface area contributed by atoms with Gasteiger partial charge >= 0.3 is 0 Å². The van der Waals surface area contributed by atoms with E-state index in [1.54, 1.807) is 0 Å². The van der Waals surface area contributed by atoms with Crippen molar-refractivity contribution in [2.45, 2.75) is 0 Å². The highest BCUT2D eigenvalue weighted by molar-refractivity contribution is 6.35. The Kier molecular flexibility index (Phi) is 2.23. The van der Waals surface area contributed by atoms with Gasteiger partial charge in [0.15, 0.2) is 0 Å². The zero-order valence-electron chi connectivity index (χ0n) is 5.44. The lowest BCUT2D eigenvalue weighted by molar-refractivity contribution is 1.48. The molecule has 0 fully saturated rings. The first-order chi connectivity index (χ1) is 5.15. The maximum absolute atomic E-state index is 8.53. The maximum atomic E-state index is 8.53. The molecule has 0 aliphatic rings. The highest BCUT2D eigenvalue weighted by atomic mass is 35.5. The van der Waals surface area contributed by atoms with Crippen molar-refractivity contribution in [1.82, 2.24) is 0 Å². The smallest absolute Gasteiger partial charge is 0.103 e. The van der Waals surface area contributed by atoms with Crippen LogP contribution in [-0.2, 0) is 0 Å².